The third kappa shape index (κ3) is 4.28. The van der Waals surface area contributed by atoms with Crippen LogP contribution < -0.4 is 0 Å². The lowest BCUT2D eigenvalue weighted by molar-refractivity contribution is -0.145. The monoisotopic (exact) mass is 280 g/mol. The molecule has 1 fully saturated rings. The molecule has 2 rings (SSSR count). The fraction of sp³-hybridized carbons (Fsp3) is 0.429. The SMILES string of the molecule is O=C(CSc1cccc(C(=O)O)c1)OC1CCCC1. The number of hydrogen-bond donors (Lipinski definition) is 1. The molecular weight excluding hydrogens is 264 g/mol. The van der Waals surface area contributed by atoms with E-state index in [1.54, 1.807) is 18.2 Å². The second-order valence-corrected chi connectivity index (χ2v) is 5.57. The summed E-state index contributed by atoms with van der Waals surface area (Å²) in [4.78, 5) is 23.2. The summed E-state index contributed by atoms with van der Waals surface area (Å²) in [5.74, 6) is -0.965. The lowest BCUT2D eigenvalue weighted by Crippen LogP contribution is -2.16. The van der Waals surface area contributed by atoms with Crippen molar-refractivity contribution in [2.75, 3.05) is 5.75 Å². The molecule has 1 aliphatic rings. The molecule has 0 saturated heterocycles. The summed E-state index contributed by atoms with van der Waals surface area (Å²) in [6, 6.07) is 6.56. The van der Waals surface area contributed by atoms with Gasteiger partial charge < -0.3 is 9.84 Å². The van der Waals surface area contributed by atoms with Gasteiger partial charge in [-0.3, -0.25) is 4.79 Å². The Morgan fingerprint density at radius 2 is 2.05 bits per heavy atom. The van der Waals surface area contributed by atoms with Crippen LogP contribution in [0.5, 0.6) is 0 Å². The molecule has 0 spiro atoms. The predicted octanol–water partition coefficient (Wildman–Crippen LogP) is 2.96. The van der Waals surface area contributed by atoms with Crippen LogP contribution in [-0.4, -0.2) is 28.9 Å². The maximum Gasteiger partial charge on any atom is 0.335 e. The van der Waals surface area contributed by atoms with Gasteiger partial charge in [-0.25, -0.2) is 4.79 Å². The number of ether oxygens (including phenoxy) is 1. The number of rotatable bonds is 5. The van der Waals surface area contributed by atoms with Crippen LogP contribution in [0.15, 0.2) is 29.2 Å². The minimum absolute atomic E-state index is 0.0819. The number of esters is 1. The molecule has 1 N–H and O–H groups in total. The number of carbonyl (C=O) groups excluding carboxylic acids is 1. The van der Waals surface area contributed by atoms with E-state index in [0.29, 0.717) is 0 Å². The highest BCUT2D eigenvalue weighted by Gasteiger charge is 2.19. The Morgan fingerprint density at radius 3 is 2.74 bits per heavy atom. The molecule has 0 unspecified atom stereocenters. The number of carbonyl (C=O) groups is 2. The lowest BCUT2D eigenvalue weighted by Gasteiger charge is -2.10. The molecule has 0 aromatic heterocycles. The van der Waals surface area contributed by atoms with Crippen molar-refractivity contribution < 1.29 is 19.4 Å². The van der Waals surface area contributed by atoms with E-state index in [0.717, 1.165) is 30.6 Å². The van der Waals surface area contributed by atoms with Gasteiger partial charge in [-0.15, -0.1) is 11.8 Å². The summed E-state index contributed by atoms with van der Waals surface area (Å²) >= 11 is 1.31. The highest BCUT2D eigenvalue weighted by molar-refractivity contribution is 8.00. The van der Waals surface area contributed by atoms with Crippen LogP contribution in [0.4, 0.5) is 0 Å². The Bertz CT molecular complexity index is 466. The van der Waals surface area contributed by atoms with Gasteiger partial charge in [0.2, 0.25) is 0 Å². The van der Waals surface area contributed by atoms with Crippen LogP contribution in [0.3, 0.4) is 0 Å². The zero-order valence-electron chi connectivity index (χ0n) is 10.5. The molecule has 5 heteroatoms. The van der Waals surface area contributed by atoms with Gasteiger partial charge in [-0.2, -0.15) is 0 Å². The summed E-state index contributed by atoms with van der Waals surface area (Å²) in [6.07, 6.45) is 4.27. The van der Waals surface area contributed by atoms with Crippen LogP contribution in [0.2, 0.25) is 0 Å². The van der Waals surface area contributed by atoms with E-state index in [9.17, 15) is 9.59 Å². The van der Waals surface area contributed by atoms with Gasteiger partial charge in [-0.1, -0.05) is 6.07 Å². The first-order valence-electron chi connectivity index (χ1n) is 6.31. The third-order valence-corrected chi connectivity index (χ3v) is 4.01. The van der Waals surface area contributed by atoms with Crippen molar-refractivity contribution in [3.63, 3.8) is 0 Å². The number of hydrogen-bond acceptors (Lipinski definition) is 4. The van der Waals surface area contributed by atoms with Gasteiger partial charge in [0, 0.05) is 4.90 Å². The third-order valence-electron chi connectivity index (χ3n) is 3.04. The lowest BCUT2D eigenvalue weighted by atomic mass is 10.2. The van der Waals surface area contributed by atoms with Gasteiger partial charge in [0.25, 0.3) is 0 Å². The number of benzene rings is 1. The van der Waals surface area contributed by atoms with E-state index in [-0.39, 0.29) is 23.4 Å². The predicted molar refractivity (Wildman–Crippen MR) is 72.5 cm³/mol. The summed E-state index contributed by atoms with van der Waals surface area (Å²) in [6.45, 7) is 0. The molecule has 0 heterocycles. The second-order valence-electron chi connectivity index (χ2n) is 4.52. The van der Waals surface area contributed by atoms with Crippen molar-refractivity contribution in [1.82, 2.24) is 0 Å². The van der Waals surface area contributed by atoms with E-state index in [1.165, 1.54) is 17.8 Å². The van der Waals surface area contributed by atoms with Crippen molar-refractivity contribution in [2.45, 2.75) is 36.7 Å². The van der Waals surface area contributed by atoms with E-state index in [2.05, 4.69) is 0 Å². The Kier molecular flexibility index (Phi) is 4.85. The molecule has 0 amide bonds. The molecule has 1 saturated carbocycles. The Morgan fingerprint density at radius 1 is 1.32 bits per heavy atom. The van der Waals surface area contributed by atoms with Gasteiger partial charge in [0.15, 0.2) is 0 Å². The van der Waals surface area contributed by atoms with Gasteiger partial charge >= 0.3 is 11.9 Å². The van der Waals surface area contributed by atoms with Crippen molar-refractivity contribution in [1.29, 1.82) is 0 Å². The topological polar surface area (TPSA) is 63.6 Å². The van der Waals surface area contributed by atoms with Crippen LogP contribution in [0, 0.1) is 0 Å². The standard InChI is InChI=1S/C14H16O4S/c15-13(18-11-5-1-2-6-11)9-19-12-7-3-4-10(8-12)14(16)17/h3-4,7-8,11H,1-2,5-6,9H2,(H,16,17). The van der Waals surface area contributed by atoms with Gasteiger partial charge in [-0.05, 0) is 43.9 Å². The van der Waals surface area contributed by atoms with Crippen LogP contribution >= 0.6 is 11.8 Å². The molecule has 0 radical (unpaired) electrons. The van der Waals surface area contributed by atoms with Crippen molar-refractivity contribution in [3.8, 4) is 0 Å². The average molecular weight is 280 g/mol. The molecule has 0 bridgehead atoms. The average Bonchev–Trinajstić information content (AvgIpc) is 2.89. The zero-order valence-corrected chi connectivity index (χ0v) is 11.3. The van der Waals surface area contributed by atoms with E-state index < -0.39 is 5.97 Å². The fourth-order valence-electron chi connectivity index (χ4n) is 2.09. The molecule has 1 aromatic rings. The Hall–Kier alpha value is -1.49. The maximum absolute atomic E-state index is 11.6. The first-order valence-corrected chi connectivity index (χ1v) is 7.29. The molecule has 4 nitrogen and oxygen atoms in total. The largest absolute Gasteiger partial charge is 0.478 e. The summed E-state index contributed by atoms with van der Waals surface area (Å²) in [7, 11) is 0. The maximum atomic E-state index is 11.6. The van der Waals surface area contributed by atoms with Gasteiger partial charge in [0.05, 0.1) is 11.3 Å². The minimum atomic E-state index is -0.962. The van der Waals surface area contributed by atoms with Crippen molar-refractivity contribution in [3.05, 3.63) is 29.8 Å². The summed E-state index contributed by atoms with van der Waals surface area (Å²) in [5, 5.41) is 8.88. The molecule has 102 valence electrons. The first kappa shape index (κ1) is 13.9. The number of carboxylic acid groups (broad SMARTS) is 1. The zero-order chi connectivity index (χ0) is 13.7. The van der Waals surface area contributed by atoms with Crippen LogP contribution in [-0.2, 0) is 9.53 Å². The van der Waals surface area contributed by atoms with Crippen LogP contribution in [0.1, 0.15) is 36.0 Å². The van der Waals surface area contributed by atoms with E-state index >= 15 is 0 Å². The number of carboxylic acids is 1. The smallest absolute Gasteiger partial charge is 0.335 e. The molecule has 1 aliphatic carbocycles. The minimum Gasteiger partial charge on any atom is -0.478 e. The Labute approximate surface area is 116 Å². The Balaban J connectivity index is 1.82. The molecule has 1 aromatic carbocycles. The second kappa shape index (κ2) is 6.61. The number of thioether (sulfide) groups is 1. The molecular formula is C14H16O4S. The molecule has 0 aliphatic heterocycles. The highest BCUT2D eigenvalue weighted by atomic mass is 32.2. The normalized spacial score (nSPS) is 15.4. The van der Waals surface area contributed by atoms with E-state index in [4.69, 9.17) is 9.84 Å². The summed E-state index contributed by atoms with van der Waals surface area (Å²) in [5.41, 5.74) is 0.231. The number of aromatic carboxylic acids is 1. The highest BCUT2D eigenvalue weighted by Crippen LogP contribution is 2.23. The first-order chi connectivity index (χ1) is 9.15. The van der Waals surface area contributed by atoms with Crippen molar-refractivity contribution in [2.24, 2.45) is 0 Å². The fourth-order valence-corrected chi connectivity index (χ4v) is 2.82. The molecule has 0 atom stereocenters. The summed E-state index contributed by atoms with van der Waals surface area (Å²) < 4.78 is 5.33. The van der Waals surface area contributed by atoms with Crippen molar-refractivity contribution >= 4 is 23.7 Å². The quantitative estimate of drug-likeness (QED) is 0.663. The van der Waals surface area contributed by atoms with Gasteiger partial charge in [0.1, 0.15) is 6.10 Å². The van der Waals surface area contributed by atoms with E-state index in [1.807, 2.05) is 0 Å². The molecule has 19 heavy (non-hydrogen) atoms. The van der Waals surface area contributed by atoms with Crippen LogP contribution in [0.25, 0.3) is 0 Å².